The quantitative estimate of drug-likeness (QED) is 0.813. The average molecular weight is 240 g/mol. The van der Waals surface area contributed by atoms with Gasteiger partial charge in [0.25, 0.3) is 0 Å². The van der Waals surface area contributed by atoms with E-state index in [4.69, 9.17) is 4.74 Å². The fourth-order valence-electron chi connectivity index (χ4n) is 3.02. The molecule has 2 rings (SSSR count). The van der Waals surface area contributed by atoms with Crippen LogP contribution in [0, 0.1) is 11.8 Å². The predicted molar refractivity (Wildman–Crippen MR) is 71.2 cm³/mol. The van der Waals surface area contributed by atoms with Gasteiger partial charge in [0.2, 0.25) is 0 Å². The predicted octanol–water partition coefficient (Wildman–Crippen LogP) is 1.73. The van der Waals surface area contributed by atoms with Gasteiger partial charge in [0.1, 0.15) is 0 Å². The number of nitrogens with one attached hydrogen (secondary N) is 1. The maximum atomic E-state index is 5.78. The molecule has 4 unspecified atom stereocenters. The van der Waals surface area contributed by atoms with Crippen LogP contribution in [0.3, 0.4) is 0 Å². The zero-order chi connectivity index (χ0) is 12.3. The van der Waals surface area contributed by atoms with E-state index in [0.717, 1.165) is 44.1 Å². The van der Waals surface area contributed by atoms with Gasteiger partial charge in [0, 0.05) is 25.7 Å². The van der Waals surface area contributed by atoms with Crippen molar-refractivity contribution in [3.05, 3.63) is 0 Å². The molecule has 17 heavy (non-hydrogen) atoms. The molecule has 0 bridgehead atoms. The fourth-order valence-corrected chi connectivity index (χ4v) is 3.02. The molecule has 1 saturated carbocycles. The number of rotatable bonds is 3. The summed E-state index contributed by atoms with van der Waals surface area (Å²) in [6.07, 6.45) is 4.45. The molecule has 100 valence electrons. The van der Waals surface area contributed by atoms with Crippen molar-refractivity contribution >= 4 is 0 Å². The molecule has 1 aliphatic carbocycles. The second-order valence-corrected chi connectivity index (χ2v) is 6.13. The fraction of sp³-hybridized carbons (Fsp3) is 1.00. The first-order chi connectivity index (χ1) is 8.15. The van der Waals surface area contributed by atoms with Crippen molar-refractivity contribution in [2.45, 2.75) is 45.3 Å². The van der Waals surface area contributed by atoms with E-state index in [1.54, 1.807) is 0 Å². The lowest BCUT2D eigenvalue weighted by Crippen LogP contribution is -2.47. The summed E-state index contributed by atoms with van der Waals surface area (Å²) in [4.78, 5) is 2.36. The van der Waals surface area contributed by atoms with Gasteiger partial charge in [0.05, 0.1) is 12.7 Å². The van der Waals surface area contributed by atoms with Crippen LogP contribution in [0.25, 0.3) is 0 Å². The summed E-state index contributed by atoms with van der Waals surface area (Å²) in [5, 5.41) is 3.71. The van der Waals surface area contributed by atoms with Crippen LogP contribution in [0.5, 0.6) is 0 Å². The third-order valence-corrected chi connectivity index (χ3v) is 4.57. The number of likely N-dealkylation sites (N-methyl/N-ethyl adjacent to an activating group) is 1. The van der Waals surface area contributed by atoms with Gasteiger partial charge in [-0.3, -0.25) is 0 Å². The Morgan fingerprint density at radius 3 is 2.76 bits per heavy atom. The highest BCUT2D eigenvalue weighted by Crippen LogP contribution is 2.29. The standard InChI is InChI=1S/C14H28N2O/c1-11-4-5-13(8-12(11)2)15-9-14-10-16(3)6-7-17-14/h11-15H,4-10H2,1-3H3. The summed E-state index contributed by atoms with van der Waals surface area (Å²) in [6, 6.07) is 0.719. The molecule has 0 spiro atoms. The third kappa shape index (κ3) is 3.94. The van der Waals surface area contributed by atoms with Crippen molar-refractivity contribution in [3.63, 3.8) is 0 Å². The molecular formula is C14H28N2O. The number of ether oxygens (including phenoxy) is 1. The van der Waals surface area contributed by atoms with Gasteiger partial charge >= 0.3 is 0 Å². The maximum Gasteiger partial charge on any atom is 0.0826 e. The van der Waals surface area contributed by atoms with E-state index >= 15 is 0 Å². The van der Waals surface area contributed by atoms with Crippen molar-refractivity contribution in [1.29, 1.82) is 0 Å². The van der Waals surface area contributed by atoms with Gasteiger partial charge in [-0.05, 0) is 38.1 Å². The van der Waals surface area contributed by atoms with Crippen LogP contribution < -0.4 is 5.32 Å². The molecule has 4 atom stereocenters. The van der Waals surface area contributed by atoms with Crippen LogP contribution >= 0.6 is 0 Å². The number of hydrogen-bond donors (Lipinski definition) is 1. The SMILES string of the molecule is CC1CCC(NCC2CN(C)CCO2)CC1C. The van der Waals surface area contributed by atoms with Crippen LogP contribution in [0.1, 0.15) is 33.1 Å². The van der Waals surface area contributed by atoms with Gasteiger partial charge in [-0.15, -0.1) is 0 Å². The first-order valence-electron chi connectivity index (χ1n) is 7.18. The molecule has 1 aliphatic heterocycles. The second-order valence-electron chi connectivity index (χ2n) is 6.13. The molecule has 0 aromatic heterocycles. The molecule has 0 aromatic rings. The Kier molecular flexibility index (Phi) is 4.83. The van der Waals surface area contributed by atoms with Gasteiger partial charge in [0.15, 0.2) is 0 Å². The number of hydrogen-bond acceptors (Lipinski definition) is 3. The molecule has 2 aliphatic rings. The van der Waals surface area contributed by atoms with E-state index in [1.165, 1.54) is 19.3 Å². The van der Waals surface area contributed by atoms with Gasteiger partial charge in [-0.25, -0.2) is 0 Å². The minimum Gasteiger partial charge on any atom is -0.374 e. The van der Waals surface area contributed by atoms with Crippen molar-refractivity contribution < 1.29 is 4.74 Å². The molecular weight excluding hydrogens is 212 g/mol. The van der Waals surface area contributed by atoms with Gasteiger partial charge in [-0.1, -0.05) is 13.8 Å². The van der Waals surface area contributed by atoms with E-state index in [2.05, 4.69) is 31.1 Å². The molecule has 1 N–H and O–H groups in total. The zero-order valence-electron chi connectivity index (χ0n) is 11.6. The van der Waals surface area contributed by atoms with Gasteiger partial charge in [-0.2, -0.15) is 0 Å². The molecule has 3 heteroatoms. The summed E-state index contributed by atoms with van der Waals surface area (Å²) in [6.45, 7) is 8.85. The lowest BCUT2D eigenvalue weighted by Gasteiger charge is -2.35. The normalized spacial score (nSPS) is 40.4. The highest BCUT2D eigenvalue weighted by molar-refractivity contribution is 4.81. The highest BCUT2D eigenvalue weighted by Gasteiger charge is 2.25. The van der Waals surface area contributed by atoms with Crippen LogP contribution in [0.4, 0.5) is 0 Å². The molecule has 1 saturated heterocycles. The van der Waals surface area contributed by atoms with Crippen LogP contribution in [0.15, 0.2) is 0 Å². The highest BCUT2D eigenvalue weighted by atomic mass is 16.5. The Hall–Kier alpha value is -0.120. The first kappa shape index (κ1) is 13.3. The maximum absolute atomic E-state index is 5.78. The number of morpholine rings is 1. The molecule has 0 amide bonds. The monoisotopic (exact) mass is 240 g/mol. The first-order valence-corrected chi connectivity index (χ1v) is 7.18. The summed E-state index contributed by atoms with van der Waals surface area (Å²) in [5.74, 6) is 1.78. The van der Waals surface area contributed by atoms with Crippen LogP contribution in [0.2, 0.25) is 0 Å². The topological polar surface area (TPSA) is 24.5 Å². The summed E-state index contributed by atoms with van der Waals surface area (Å²) in [7, 11) is 2.18. The van der Waals surface area contributed by atoms with E-state index in [-0.39, 0.29) is 0 Å². The lowest BCUT2D eigenvalue weighted by molar-refractivity contribution is -0.0203. The van der Waals surface area contributed by atoms with Crippen molar-refractivity contribution in [1.82, 2.24) is 10.2 Å². The Bertz CT molecular complexity index is 234. The summed E-state index contributed by atoms with van der Waals surface area (Å²) < 4.78 is 5.78. The minimum atomic E-state index is 0.392. The third-order valence-electron chi connectivity index (χ3n) is 4.57. The van der Waals surface area contributed by atoms with E-state index in [0.29, 0.717) is 6.10 Å². The van der Waals surface area contributed by atoms with Crippen LogP contribution in [-0.2, 0) is 4.74 Å². The molecule has 0 radical (unpaired) electrons. The van der Waals surface area contributed by atoms with E-state index in [1.807, 2.05) is 0 Å². The van der Waals surface area contributed by atoms with Crippen molar-refractivity contribution in [3.8, 4) is 0 Å². The van der Waals surface area contributed by atoms with E-state index in [9.17, 15) is 0 Å². The zero-order valence-corrected chi connectivity index (χ0v) is 11.6. The van der Waals surface area contributed by atoms with Crippen LogP contribution in [-0.4, -0.2) is 50.3 Å². The molecule has 2 fully saturated rings. The minimum absolute atomic E-state index is 0.392. The largest absolute Gasteiger partial charge is 0.374 e. The summed E-state index contributed by atoms with van der Waals surface area (Å²) >= 11 is 0. The Balaban J connectivity index is 1.67. The average Bonchev–Trinajstić information content (AvgIpc) is 2.31. The van der Waals surface area contributed by atoms with Crippen molar-refractivity contribution in [2.75, 3.05) is 33.3 Å². The van der Waals surface area contributed by atoms with Crippen molar-refractivity contribution in [2.24, 2.45) is 11.8 Å². The number of nitrogens with zero attached hydrogens (tertiary/aromatic N) is 1. The molecule has 3 nitrogen and oxygen atoms in total. The van der Waals surface area contributed by atoms with Gasteiger partial charge < -0.3 is 15.0 Å². The Morgan fingerprint density at radius 1 is 1.24 bits per heavy atom. The second kappa shape index (κ2) is 6.17. The molecule has 0 aromatic carbocycles. The Morgan fingerprint density at radius 2 is 2.06 bits per heavy atom. The molecule has 1 heterocycles. The van der Waals surface area contributed by atoms with E-state index < -0.39 is 0 Å². The lowest BCUT2D eigenvalue weighted by atomic mass is 9.79. The smallest absolute Gasteiger partial charge is 0.0826 e. The Labute approximate surface area is 106 Å². The summed E-state index contributed by atoms with van der Waals surface area (Å²) in [5.41, 5.74) is 0.